The number of likely N-dealkylation sites (N-methyl/N-ethyl adjacent to an activating group) is 1. The summed E-state index contributed by atoms with van der Waals surface area (Å²) in [6, 6.07) is 11.1. The Bertz CT molecular complexity index is 617. The Kier molecular flexibility index (Phi) is 4.82. The smallest absolute Gasteiger partial charge is 0.246 e. The van der Waals surface area contributed by atoms with Crippen molar-refractivity contribution < 1.29 is 13.9 Å². The number of amides is 1. The molecule has 110 valence electrons. The fourth-order valence-corrected chi connectivity index (χ4v) is 1.99. The topological polar surface area (TPSA) is 42.7 Å². The molecule has 1 aromatic heterocycles. The van der Waals surface area contributed by atoms with Gasteiger partial charge in [-0.25, -0.2) is 0 Å². The first-order chi connectivity index (χ1) is 10.1. The van der Waals surface area contributed by atoms with Crippen molar-refractivity contribution in [2.24, 2.45) is 0 Å². The van der Waals surface area contributed by atoms with E-state index in [1.165, 1.54) is 6.08 Å². The Morgan fingerprint density at radius 2 is 2.05 bits per heavy atom. The minimum atomic E-state index is -0.116. The van der Waals surface area contributed by atoms with Gasteiger partial charge in [0.15, 0.2) is 0 Å². The molecule has 0 N–H and O–H groups in total. The molecule has 0 aliphatic heterocycles. The van der Waals surface area contributed by atoms with Gasteiger partial charge in [-0.1, -0.05) is 18.2 Å². The van der Waals surface area contributed by atoms with E-state index in [-0.39, 0.29) is 11.9 Å². The fourth-order valence-electron chi connectivity index (χ4n) is 1.99. The third kappa shape index (κ3) is 3.54. The number of para-hydroxylation sites is 1. The maximum atomic E-state index is 12.2. The van der Waals surface area contributed by atoms with Crippen LogP contribution in [0.15, 0.2) is 53.2 Å². The van der Waals surface area contributed by atoms with E-state index in [9.17, 15) is 4.79 Å². The van der Waals surface area contributed by atoms with E-state index in [1.807, 2.05) is 43.3 Å². The van der Waals surface area contributed by atoms with E-state index in [1.54, 1.807) is 31.4 Å². The second kappa shape index (κ2) is 6.79. The second-order valence-corrected chi connectivity index (χ2v) is 4.72. The number of nitrogens with zero attached hydrogens (tertiary/aromatic N) is 1. The van der Waals surface area contributed by atoms with Crippen molar-refractivity contribution in [3.63, 3.8) is 0 Å². The van der Waals surface area contributed by atoms with Crippen LogP contribution in [0.2, 0.25) is 0 Å². The Morgan fingerprint density at radius 1 is 1.29 bits per heavy atom. The molecule has 0 radical (unpaired) electrons. The second-order valence-electron chi connectivity index (χ2n) is 4.72. The highest BCUT2D eigenvalue weighted by atomic mass is 16.5. The molecular formula is C17H19NO3. The first-order valence-corrected chi connectivity index (χ1v) is 6.74. The van der Waals surface area contributed by atoms with E-state index in [0.29, 0.717) is 0 Å². The summed E-state index contributed by atoms with van der Waals surface area (Å²) in [4.78, 5) is 13.8. The highest BCUT2D eigenvalue weighted by molar-refractivity contribution is 5.92. The lowest BCUT2D eigenvalue weighted by Crippen LogP contribution is -2.27. The quantitative estimate of drug-likeness (QED) is 0.789. The summed E-state index contributed by atoms with van der Waals surface area (Å²) >= 11 is 0. The van der Waals surface area contributed by atoms with Gasteiger partial charge in [-0.2, -0.15) is 0 Å². The van der Waals surface area contributed by atoms with Crippen molar-refractivity contribution in [3.05, 3.63) is 60.1 Å². The van der Waals surface area contributed by atoms with Crippen molar-refractivity contribution in [2.75, 3.05) is 14.2 Å². The number of ether oxygens (including phenoxy) is 1. The van der Waals surface area contributed by atoms with Gasteiger partial charge in [0.2, 0.25) is 5.91 Å². The van der Waals surface area contributed by atoms with E-state index < -0.39 is 0 Å². The molecule has 2 rings (SSSR count). The minimum Gasteiger partial charge on any atom is -0.496 e. The lowest BCUT2D eigenvalue weighted by molar-refractivity contribution is -0.126. The number of rotatable bonds is 5. The van der Waals surface area contributed by atoms with Gasteiger partial charge in [-0.15, -0.1) is 0 Å². The van der Waals surface area contributed by atoms with Crippen LogP contribution < -0.4 is 4.74 Å². The van der Waals surface area contributed by atoms with Gasteiger partial charge < -0.3 is 14.1 Å². The van der Waals surface area contributed by atoms with Crippen molar-refractivity contribution in [3.8, 4) is 5.75 Å². The van der Waals surface area contributed by atoms with Crippen molar-refractivity contribution in [1.82, 2.24) is 4.90 Å². The van der Waals surface area contributed by atoms with Gasteiger partial charge in [0.05, 0.1) is 19.4 Å². The zero-order chi connectivity index (χ0) is 15.2. The molecule has 0 aliphatic carbocycles. The average molecular weight is 285 g/mol. The maximum Gasteiger partial charge on any atom is 0.246 e. The number of methoxy groups -OCH3 is 1. The zero-order valence-electron chi connectivity index (χ0n) is 12.4. The normalized spacial score (nSPS) is 12.3. The third-order valence-corrected chi connectivity index (χ3v) is 3.43. The lowest BCUT2D eigenvalue weighted by Gasteiger charge is -2.21. The number of carbonyl (C=O) groups excluding carboxylic acids is 1. The van der Waals surface area contributed by atoms with Crippen molar-refractivity contribution in [2.45, 2.75) is 13.0 Å². The predicted octanol–water partition coefficient (Wildman–Crippen LogP) is 3.52. The third-order valence-electron chi connectivity index (χ3n) is 3.43. The van der Waals surface area contributed by atoms with Crippen LogP contribution in [0.4, 0.5) is 0 Å². The molecule has 21 heavy (non-hydrogen) atoms. The average Bonchev–Trinajstić information content (AvgIpc) is 3.05. The Morgan fingerprint density at radius 3 is 2.71 bits per heavy atom. The SMILES string of the molecule is COc1ccccc1/C=C/C(=O)N(C)C(C)c1ccco1. The molecule has 0 aliphatic rings. The Hall–Kier alpha value is -2.49. The van der Waals surface area contributed by atoms with Crippen LogP contribution in [0.5, 0.6) is 5.75 Å². The minimum absolute atomic E-state index is 0.0928. The Balaban J connectivity index is 2.08. The molecule has 1 unspecified atom stereocenters. The van der Waals surface area contributed by atoms with Crippen LogP contribution >= 0.6 is 0 Å². The summed E-state index contributed by atoms with van der Waals surface area (Å²) in [6.45, 7) is 1.92. The van der Waals surface area contributed by atoms with E-state index in [4.69, 9.17) is 9.15 Å². The molecule has 4 nitrogen and oxygen atoms in total. The van der Waals surface area contributed by atoms with Crippen LogP contribution in [0.1, 0.15) is 24.3 Å². The molecule has 0 saturated heterocycles. The fraction of sp³-hybridized carbons (Fsp3) is 0.235. The summed E-state index contributed by atoms with van der Waals surface area (Å²) in [5.74, 6) is 1.41. The Labute approximate surface area is 124 Å². The van der Waals surface area contributed by atoms with E-state index in [2.05, 4.69) is 0 Å². The summed E-state index contributed by atoms with van der Waals surface area (Å²) in [6.07, 6.45) is 4.90. The van der Waals surface area contributed by atoms with Crippen molar-refractivity contribution in [1.29, 1.82) is 0 Å². The monoisotopic (exact) mass is 285 g/mol. The van der Waals surface area contributed by atoms with Crippen LogP contribution in [-0.4, -0.2) is 25.0 Å². The number of furan rings is 1. The molecule has 0 saturated carbocycles. The number of benzene rings is 1. The lowest BCUT2D eigenvalue weighted by atomic mass is 10.1. The molecule has 0 fully saturated rings. The first-order valence-electron chi connectivity index (χ1n) is 6.74. The summed E-state index contributed by atoms with van der Waals surface area (Å²) < 4.78 is 10.6. The molecule has 0 bridgehead atoms. The van der Waals surface area contributed by atoms with Gasteiger partial charge >= 0.3 is 0 Å². The highest BCUT2D eigenvalue weighted by Crippen LogP contribution is 2.21. The number of hydrogen-bond acceptors (Lipinski definition) is 3. The maximum absolute atomic E-state index is 12.2. The van der Waals surface area contributed by atoms with Gasteiger partial charge in [0.25, 0.3) is 0 Å². The summed E-state index contributed by atoms with van der Waals surface area (Å²) in [5.41, 5.74) is 0.868. The van der Waals surface area contributed by atoms with E-state index in [0.717, 1.165) is 17.1 Å². The molecule has 2 aromatic rings. The molecule has 1 heterocycles. The first kappa shape index (κ1) is 14.9. The standard InChI is InChI=1S/C17H19NO3/c1-13(15-9-6-12-21-15)18(2)17(19)11-10-14-7-4-5-8-16(14)20-3/h4-13H,1-3H3/b11-10+. The number of hydrogen-bond donors (Lipinski definition) is 0. The van der Waals surface area contributed by atoms with Crippen LogP contribution in [0.25, 0.3) is 6.08 Å². The van der Waals surface area contributed by atoms with Crippen LogP contribution in [0, 0.1) is 0 Å². The highest BCUT2D eigenvalue weighted by Gasteiger charge is 2.17. The molecule has 1 amide bonds. The van der Waals surface area contributed by atoms with E-state index >= 15 is 0 Å². The van der Waals surface area contributed by atoms with Gasteiger partial charge in [-0.3, -0.25) is 4.79 Å². The molecule has 4 heteroatoms. The molecule has 1 aromatic carbocycles. The largest absolute Gasteiger partial charge is 0.496 e. The zero-order valence-corrected chi connectivity index (χ0v) is 12.4. The van der Waals surface area contributed by atoms with Gasteiger partial charge in [0, 0.05) is 18.7 Å². The van der Waals surface area contributed by atoms with Gasteiger partial charge in [0.1, 0.15) is 11.5 Å². The molecule has 0 spiro atoms. The van der Waals surface area contributed by atoms with Crippen molar-refractivity contribution >= 4 is 12.0 Å². The molecule has 1 atom stereocenters. The number of carbonyl (C=O) groups is 1. The summed E-state index contributed by atoms with van der Waals surface area (Å²) in [5, 5.41) is 0. The molecular weight excluding hydrogens is 266 g/mol. The summed E-state index contributed by atoms with van der Waals surface area (Å²) in [7, 11) is 3.36. The predicted molar refractivity (Wildman–Crippen MR) is 81.9 cm³/mol. The van der Waals surface area contributed by atoms with Crippen LogP contribution in [0.3, 0.4) is 0 Å². The van der Waals surface area contributed by atoms with Gasteiger partial charge in [-0.05, 0) is 31.2 Å². The van der Waals surface area contributed by atoms with Crippen LogP contribution in [-0.2, 0) is 4.79 Å².